The van der Waals surface area contributed by atoms with E-state index in [1.54, 1.807) is 25.3 Å². The molecule has 0 saturated heterocycles. The first-order valence-electron chi connectivity index (χ1n) is 5.85. The Hall–Kier alpha value is -2.36. The molecule has 4 heteroatoms. The zero-order valence-corrected chi connectivity index (χ0v) is 10.9. The van der Waals surface area contributed by atoms with Crippen LogP contribution in [0.1, 0.15) is 5.56 Å². The third-order valence-electron chi connectivity index (χ3n) is 2.71. The molecule has 0 aliphatic rings. The second kappa shape index (κ2) is 6.00. The number of hydrogen-bond acceptors (Lipinski definition) is 4. The van der Waals surface area contributed by atoms with Gasteiger partial charge in [0.05, 0.1) is 14.2 Å². The monoisotopic (exact) mass is 260 g/mol. The number of rotatable bonds is 5. The Kier molecular flexibility index (Phi) is 4.13. The van der Waals surface area contributed by atoms with Crippen molar-refractivity contribution < 1.29 is 19.3 Å². The van der Waals surface area contributed by atoms with Gasteiger partial charge in [-0.3, -0.25) is 0 Å². The lowest BCUT2D eigenvalue weighted by atomic mass is 10.2. The van der Waals surface area contributed by atoms with Gasteiger partial charge in [-0.2, -0.15) is 0 Å². The Morgan fingerprint density at radius 1 is 0.895 bits per heavy atom. The molecule has 0 heterocycles. The van der Waals surface area contributed by atoms with Gasteiger partial charge in [-0.05, 0) is 42.0 Å². The molecule has 4 nitrogen and oxygen atoms in total. The molecule has 1 N–H and O–H groups in total. The van der Waals surface area contributed by atoms with E-state index >= 15 is 0 Å². The average molecular weight is 260 g/mol. The highest BCUT2D eigenvalue weighted by molar-refractivity contribution is 5.41. The molecule has 0 bridgehead atoms. The fourth-order valence-electron chi connectivity index (χ4n) is 1.65. The normalized spacial score (nSPS) is 10.0. The SMILES string of the molecule is COc1ccc(OCc2ccc(O)c(OC)c2)cc1. The molecule has 2 aromatic carbocycles. The fraction of sp³-hybridized carbons (Fsp3) is 0.200. The maximum absolute atomic E-state index is 9.50. The maximum atomic E-state index is 9.50. The molecular formula is C15H16O4. The van der Waals surface area contributed by atoms with Crippen LogP contribution in [0.2, 0.25) is 0 Å². The summed E-state index contributed by atoms with van der Waals surface area (Å²) in [4.78, 5) is 0. The molecule has 100 valence electrons. The second-order valence-electron chi connectivity index (χ2n) is 3.97. The molecule has 0 fully saturated rings. The zero-order chi connectivity index (χ0) is 13.7. The fourth-order valence-corrected chi connectivity index (χ4v) is 1.65. The van der Waals surface area contributed by atoms with Crippen LogP contribution in [0.4, 0.5) is 0 Å². The van der Waals surface area contributed by atoms with Gasteiger partial charge in [0.15, 0.2) is 11.5 Å². The van der Waals surface area contributed by atoms with Crippen molar-refractivity contribution in [2.75, 3.05) is 14.2 Å². The Labute approximate surface area is 112 Å². The molecule has 19 heavy (non-hydrogen) atoms. The number of hydrogen-bond donors (Lipinski definition) is 1. The lowest BCUT2D eigenvalue weighted by Crippen LogP contribution is -1.96. The Morgan fingerprint density at radius 3 is 2.21 bits per heavy atom. The van der Waals surface area contributed by atoms with Crippen LogP contribution in [-0.4, -0.2) is 19.3 Å². The lowest BCUT2D eigenvalue weighted by molar-refractivity contribution is 0.303. The van der Waals surface area contributed by atoms with E-state index in [-0.39, 0.29) is 5.75 Å². The van der Waals surface area contributed by atoms with Crippen molar-refractivity contribution >= 4 is 0 Å². The summed E-state index contributed by atoms with van der Waals surface area (Å²) in [7, 11) is 3.14. The molecule has 0 amide bonds. The average Bonchev–Trinajstić information content (AvgIpc) is 2.47. The maximum Gasteiger partial charge on any atom is 0.160 e. The van der Waals surface area contributed by atoms with E-state index in [1.807, 2.05) is 24.3 Å². The molecule has 2 rings (SSSR count). The minimum Gasteiger partial charge on any atom is -0.504 e. The molecule has 0 aliphatic heterocycles. The van der Waals surface area contributed by atoms with Gasteiger partial charge in [0.1, 0.15) is 18.1 Å². The van der Waals surface area contributed by atoms with Crippen LogP contribution in [0.5, 0.6) is 23.0 Å². The topological polar surface area (TPSA) is 47.9 Å². The van der Waals surface area contributed by atoms with Crippen molar-refractivity contribution in [1.82, 2.24) is 0 Å². The first-order chi connectivity index (χ1) is 9.22. The van der Waals surface area contributed by atoms with Crippen molar-refractivity contribution in [3.63, 3.8) is 0 Å². The Bertz CT molecular complexity index is 534. The Morgan fingerprint density at radius 2 is 1.58 bits per heavy atom. The van der Waals surface area contributed by atoms with Crippen molar-refractivity contribution in [3.05, 3.63) is 48.0 Å². The number of phenols is 1. The summed E-state index contributed by atoms with van der Waals surface area (Å²) in [6.45, 7) is 0.406. The first-order valence-corrected chi connectivity index (χ1v) is 5.85. The van der Waals surface area contributed by atoms with Crippen LogP contribution >= 0.6 is 0 Å². The van der Waals surface area contributed by atoms with E-state index in [0.717, 1.165) is 17.1 Å². The minimum atomic E-state index is 0.121. The van der Waals surface area contributed by atoms with Gasteiger partial charge in [-0.25, -0.2) is 0 Å². The molecule has 0 saturated carbocycles. The van der Waals surface area contributed by atoms with Crippen molar-refractivity contribution in [3.8, 4) is 23.0 Å². The smallest absolute Gasteiger partial charge is 0.160 e. The molecule has 0 unspecified atom stereocenters. The van der Waals surface area contributed by atoms with Crippen molar-refractivity contribution in [2.24, 2.45) is 0 Å². The quantitative estimate of drug-likeness (QED) is 0.897. The highest BCUT2D eigenvalue weighted by atomic mass is 16.5. The summed E-state index contributed by atoms with van der Waals surface area (Å²) < 4.78 is 15.8. The van der Waals surface area contributed by atoms with Crippen LogP contribution in [0, 0.1) is 0 Å². The van der Waals surface area contributed by atoms with E-state index < -0.39 is 0 Å². The molecular weight excluding hydrogens is 244 g/mol. The summed E-state index contributed by atoms with van der Waals surface area (Å²) in [6, 6.07) is 12.5. The van der Waals surface area contributed by atoms with Gasteiger partial charge < -0.3 is 19.3 Å². The predicted octanol–water partition coefficient (Wildman–Crippen LogP) is 2.99. The Balaban J connectivity index is 2.01. The van der Waals surface area contributed by atoms with Crippen LogP contribution in [0.25, 0.3) is 0 Å². The third kappa shape index (κ3) is 3.31. The number of aromatic hydroxyl groups is 1. The lowest BCUT2D eigenvalue weighted by Gasteiger charge is -2.09. The second-order valence-corrected chi connectivity index (χ2v) is 3.97. The van der Waals surface area contributed by atoms with Crippen LogP contribution in [-0.2, 0) is 6.61 Å². The van der Waals surface area contributed by atoms with E-state index in [2.05, 4.69) is 0 Å². The number of phenolic OH excluding ortho intramolecular Hbond substituents is 1. The molecule has 0 spiro atoms. The standard InChI is InChI=1S/C15H16O4/c1-17-12-4-6-13(7-5-12)19-10-11-3-8-14(16)15(9-11)18-2/h3-9,16H,10H2,1-2H3. The van der Waals surface area contributed by atoms with Gasteiger partial charge >= 0.3 is 0 Å². The number of ether oxygens (including phenoxy) is 3. The van der Waals surface area contributed by atoms with Gasteiger partial charge in [0, 0.05) is 0 Å². The highest BCUT2D eigenvalue weighted by Gasteiger charge is 2.03. The van der Waals surface area contributed by atoms with Gasteiger partial charge in [-0.1, -0.05) is 6.07 Å². The first kappa shape index (κ1) is 13.1. The van der Waals surface area contributed by atoms with Gasteiger partial charge in [0.25, 0.3) is 0 Å². The number of methoxy groups -OCH3 is 2. The number of benzene rings is 2. The van der Waals surface area contributed by atoms with E-state index in [4.69, 9.17) is 14.2 Å². The highest BCUT2D eigenvalue weighted by Crippen LogP contribution is 2.27. The largest absolute Gasteiger partial charge is 0.504 e. The van der Waals surface area contributed by atoms with Crippen molar-refractivity contribution in [1.29, 1.82) is 0 Å². The minimum absolute atomic E-state index is 0.121. The summed E-state index contributed by atoms with van der Waals surface area (Å²) in [5.41, 5.74) is 0.922. The van der Waals surface area contributed by atoms with Gasteiger partial charge in [-0.15, -0.1) is 0 Å². The summed E-state index contributed by atoms with van der Waals surface area (Å²) in [6.07, 6.45) is 0. The van der Waals surface area contributed by atoms with Crippen LogP contribution < -0.4 is 14.2 Å². The van der Waals surface area contributed by atoms with E-state index in [9.17, 15) is 5.11 Å². The van der Waals surface area contributed by atoms with E-state index in [0.29, 0.717) is 12.4 Å². The zero-order valence-electron chi connectivity index (χ0n) is 10.9. The van der Waals surface area contributed by atoms with Crippen LogP contribution in [0.15, 0.2) is 42.5 Å². The van der Waals surface area contributed by atoms with Gasteiger partial charge in [0.2, 0.25) is 0 Å². The van der Waals surface area contributed by atoms with E-state index in [1.165, 1.54) is 7.11 Å². The molecule has 0 radical (unpaired) electrons. The van der Waals surface area contributed by atoms with Crippen molar-refractivity contribution in [2.45, 2.75) is 6.61 Å². The third-order valence-corrected chi connectivity index (χ3v) is 2.71. The summed E-state index contributed by atoms with van der Waals surface area (Å²) >= 11 is 0. The predicted molar refractivity (Wildman–Crippen MR) is 72.0 cm³/mol. The van der Waals surface area contributed by atoms with Crippen LogP contribution in [0.3, 0.4) is 0 Å². The molecule has 0 atom stereocenters. The molecule has 2 aromatic rings. The molecule has 0 aliphatic carbocycles. The molecule has 0 aromatic heterocycles. The summed E-state index contributed by atoms with van der Waals surface area (Å²) in [5.74, 6) is 2.11. The summed E-state index contributed by atoms with van der Waals surface area (Å²) in [5, 5.41) is 9.50.